The summed E-state index contributed by atoms with van der Waals surface area (Å²) in [6.07, 6.45) is 0. The van der Waals surface area contributed by atoms with Gasteiger partial charge in [0.1, 0.15) is 0 Å². The Morgan fingerprint density at radius 2 is 1.80 bits per heavy atom. The predicted molar refractivity (Wildman–Crippen MR) is 43.8 cm³/mol. The monoisotopic (exact) mass is 145 g/mol. The van der Waals surface area contributed by atoms with Gasteiger partial charge in [-0.2, -0.15) is 0 Å². The fraction of sp³-hybridized carbons (Fsp3) is 1.00. The summed E-state index contributed by atoms with van der Waals surface area (Å²) >= 11 is 0. The lowest BCUT2D eigenvalue weighted by atomic mass is 9.90. The fourth-order valence-electron chi connectivity index (χ4n) is 0.623. The molecule has 0 aromatic rings. The molecule has 0 unspecified atom stereocenters. The summed E-state index contributed by atoms with van der Waals surface area (Å²) in [5.74, 6) is 0.560. The molecular formula is C8H19NO. The van der Waals surface area contributed by atoms with Crippen molar-refractivity contribution in [1.29, 1.82) is 0 Å². The van der Waals surface area contributed by atoms with Crippen LogP contribution in [0.4, 0.5) is 0 Å². The molecule has 0 amide bonds. The van der Waals surface area contributed by atoms with Gasteiger partial charge in [-0.05, 0) is 26.8 Å². The Kier molecular flexibility index (Phi) is 3.33. The lowest BCUT2D eigenvalue weighted by molar-refractivity contribution is 0.0219. The molecule has 0 aliphatic rings. The molecule has 2 heteroatoms. The van der Waals surface area contributed by atoms with Crippen molar-refractivity contribution < 1.29 is 5.11 Å². The molecule has 0 saturated carbocycles. The Bertz CT molecular complexity index is 99.4. The molecule has 10 heavy (non-hydrogen) atoms. The van der Waals surface area contributed by atoms with E-state index in [4.69, 9.17) is 5.11 Å². The highest BCUT2D eigenvalue weighted by molar-refractivity contribution is 4.80. The van der Waals surface area contributed by atoms with E-state index in [1.165, 1.54) is 0 Å². The molecule has 0 rings (SSSR count). The maximum absolute atomic E-state index is 8.85. The second kappa shape index (κ2) is 3.35. The normalized spacial score (nSPS) is 13.2. The van der Waals surface area contributed by atoms with Crippen LogP contribution in [-0.4, -0.2) is 29.3 Å². The summed E-state index contributed by atoms with van der Waals surface area (Å²) in [7, 11) is 1.93. The minimum absolute atomic E-state index is 0.0920. The third-order valence-electron chi connectivity index (χ3n) is 2.61. The van der Waals surface area contributed by atoms with Crippen molar-refractivity contribution in [2.45, 2.75) is 33.2 Å². The van der Waals surface area contributed by atoms with E-state index in [1.807, 2.05) is 11.9 Å². The zero-order valence-electron chi connectivity index (χ0n) is 7.68. The Hall–Kier alpha value is -0.0800. The first kappa shape index (κ1) is 9.92. The Morgan fingerprint density at radius 3 is 1.90 bits per heavy atom. The summed E-state index contributed by atoms with van der Waals surface area (Å²) in [6, 6.07) is 0. The van der Waals surface area contributed by atoms with Crippen molar-refractivity contribution in [3.8, 4) is 0 Å². The van der Waals surface area contributed by atoms with E-state index >= 15 is 0 Å². The van der Waals surface area contributed by atoms with Crippen LogP contribution in [0.3, 0.4) is 0 Å². The van der Waals surface area contributed by atoms with Gasteiger partial charge in [0.2, 0.25) is 0 Å². The van der Waals surface area contributed by atoms with E-state index in [0.717, 1.165) is 0 Å². The molecule has 0 bridgehead atoms. The van der Waals surface area contributed by atoms with Gasteiger partial charge in [-0.3, -0.25) is 4.90 Å². The smallest absolute Gasteiger partial charge is 0.0958 e. The molecule has 0 aliphatic heterocycles. The van der Waals surface area contributed by atoms with Gasteiger partial charge in [-0.25, -0.2) is 0 Å². The van der Waals surface area contributed by atoms with Gasteiger partial charge in [0.25, 0.3) is 0 Å². The molecule has 0 radical (unpaired) electrons. The van der Waals surface area contributed by atoms with Gasteiger partial charge in [0.05, 0.1) is 6.73 Å². The van der Waals surface area contributed by atoms with Crippen LogP contribution in [-0.2, 0) is 0 Å². The molecule has 0 aromatic heterocycles. The third-order valence-corrected chi connectivity index (χ3v) is 2.61. The summed E-state index contributed by atoms with van der Waals surface area (Å²) in [5, 5.41) is 8.85. The molecule has 0 aromatic carbocycles. The Morgan fingerprint density at radius 1 is 1.40 bits per heavy atom. The van der Waals surface area contributed by atoms with Crippen molar-refractivity contribution in [2.24, 2.45) is 5.92 Å². The maximum Gasteiger partial charge on any atom is 0.0958 e. The zero-order valence-corrected chi connectivity index (χ0v) is 7.68. The molecule has 0 aliphatic carbocycles. The van der Waals surface area contributed by atoms with Gasteiger partial charge in [0.15, 0.2) is 0 Å². The minimum atomic E-state index is 0.0920. The third kappa shape index (κ3) is 1.96. The second-order valence-corrected chi connectivity index (χ2v) is 3.65. The number of aliphatic hydroxyl groups is 1. The van der Waals surface area contributed by atoms with Crippen LogP contribution in [0.5, 0.6) is 0 Å². The van der Waals surface area contributed by atoms with Crippen LogP contribution in [0.2, 0.25) is 0 Å². The molecule has 0 heterocycles. The molecule has 0 spiro atoms. The van der Waals surface area contributed by atoms with Crippen LogP contribution in [0, 0.1) is 5.92 Å². The van der Waals surface area contributed by atoms with Gasteiger partial charge in [-0.15, -0.1) is 0 Å². The summed E-state index contributed by atoms with van der Waals surface area (Å²) in [5.41, 5.74) is 0.0920. The van der Waals surface area contributed by atoms with E-state index in [-0.39, 0.29) is 12.3 Å². The van der Waals surface area contributed by atoms with Crippen molar-refractivity contribution in [2.75, 3.05) is 13.8 Å². The van der Waals surface area contributed by atoms with E-state index in [1.54, 1.807) is 0 Å². The van der Waals surface area contributed by atoms with Crippen LogP contribution in [0.15, 0.2) is 0 Å². The lowest BCUT2D eigenvalue weighted by Crippen LogP contribution is -2.45. The minimum Gasteiger partial charge on any atom is -0.381 e. The van der Waals surface area contributed by atoms with Gasteiger partial charge in [-0.1, -0.05) is 13.8 Å². The van der Waals surface area contributed by atoms with Crippen molar-refractivity contribution in [1.82, 2.24) is 4.90 Å². The van der Waals surface area contributed by atoms with Gasteiger partial charge >= 0.3 is 0 Å². The highest BCUT2D eigenvalue weighted by atomic mass is 16.3. The Balaban J connectivity index is 4.09. The fourth-order valence-corrected chi connectivity index (χ4v) is 0.623. The predicted octanol–water partition coefficient (Wildman–Crippen LogP) is 1.30. The lowest BCUT2D eigenvalue weighted by Gasteiger charge is -2.37. The summed E-state index contributed by atoms with van der Waals surface area (Å²) < 4.78 is 0. The van der Waals surface area contributed by atoms with E-state index in [9.17, 15) is 0 Å². The van der Waals surface area contributed by atoms with Gasteiger partial charge < -0.3 is 5.11 Å². The number of nitrogens with zero attached hydrogens (tertiary/aromatic N) is 1. The highest BCUT2D eigenvalue weighted by Crippen LogP contribution is 2.21. The molecule has 2 nitrogen and oxygen atoms in total. The Labute approximate surface area is 63.8 Å². The average molecular weight is 145 g/mol. The molecule has 0 fully saturated rings. The van der Waals surface area contributed by atoms with E-state index in [2.05, 4.69) is 27.7 Å². The first-order valence-corrected chi connectivity index (χ1v) is 3.75. The number of rotatable bonds is 3. The zero-order chi connectivity index (χ0) is 8.36. The summed E-state index contributed by atoms with van der Waals surface area (Å²) in [4.78, 5) is 1.94. The van der Waals surface area contributed by atoms with Crippen molar-refractivity contribution in [3.63, 3.8) is 0 Å². The molecule has 0 saturated heterocycles. The van der Waals surface area contributed by atoms with Gasteiger partial charge in [0, 0.05) is 5.54 Å². The van der Waals surface area contributed by atoms with Crippen LogP contribution in [0.25, 0.3) is 0 Å². The molecule has 1 N–H and O–H groups in total. The van der Waals surface area contributed by atoms with E-state index in [0.29, 0.717) is 5.92 Å². The van der Waals surface area contributed by atoms with Crippen LogP contribution < -0.4 is 0 Å². The average Bonchev–Trinajstić information content (AvgIpc) is 1.86. The molecule has 62 valence electrons. The van der Waals surface area contributed by atoms with Crippen molar-refractivity contribution >= 4 is 0 Å². The highest BCUT2D eigenvalue weighted by Gasteiger charge is 2.26. The van der Waals surface area contributed by atoms with Crippen molar-refractivity contribution in [3.05, 3.63) is 0 Å². The SMILES string of the molecule is CC(C)C(C)(C)N(C)CO. The number of aliphatic hydroxyl groups excluding tert-OH is 1. The number of hydrogen-bond acceptors (Lipinski definition) is 2. The topological polar surface area (TPSA) is 23.5 Å². The second-order valence-electron chi connectivity index (χ2n) is 3.65. The standard InChI is InChI=1S/C8H19NO/c1-7(2)8(3,4)9(5)6-10/h7,10H,6H2,1-5H3. The largest absolute Gasteiger partial charge is 0.381 e. The maximum atomic E-state index is 8.85. The summed E-state index contributed by atoms with van der Waals surface area (Å²) in [6.45, 7) is 8.71. The first-order chi connectivity index (χ1) is 4.42. The molecule has 0 atom stereocenters. The van der Waals surface area contributed by atoms with Crippen LogP contribution >= 0.6 is 0 Å². The van der Waals surface area contributed by atoms with Crippen LogP contribution in [0.1, 0.15) is 27.7 Å². The van der Waals surface area contributed by atoms with E-state index < -0.39 is 0 Å². The first-order valence-electron chi connectivity index (χ1n) is 3.75. The molecular weight excluding hydrogens is 126 g/mol. The number of hydrogen-bond donors (Lipinski definition) is 1. The quantitative estimate of drug-likeness (QED) is 0.605.